The van der Waals surface area contributed by atoms with Gasteiger partial charge >= 0.3 is 0 Å². The second-order valence-corrected chi connectivity index (χ2v) is 2.43. The Kier molecular flexibility index (Phi) is 6.32. The zero-order chi connectivity index (χ0) is 6.41. The predicted molar refractivity (Wildman–Crippen MR) is 36.5 cm³/mol. The van der Waals surface area contributed by atoms with E-state index in [4.69, 9.17) is 21.4 Å². The van der Waals surface area contributed by atoms with E-state index in [0.717, 1.165) is 5.33 Å². The highest BCUT2D eigenvalue weighted by molar-refractivity contribution is 9.09. The molecule has 1 unspecified atom stereocenters. The summed E-state index contributed by atoms with van der Waals surface area (Å²) in [7, 11) is 0. The maximum absolute atomic E-state index is 8.29. The molecule has 0 saturated carbocycles. The number of alkyl halides is 2. The lowest BCUT2D eigenvalue weighted by molar-refractivity contribution is 0.0744. The summed E-state index contributed by atoms with van der Waals surface area (Å²) in [6, 6.07) is 0. The van der Waals surface area contributed by atoms with Crippen LogP contribution in [0.1, 0.15) is 0 Å². The largest absolute Gasteiger partial charge is 0.392 e. The van der Waals surface area contributed by atoms with Gasteiger partial charge in [-0.25, -0.2) is 0 Å². The Labute approximate surface area is 61.9 Å². The van der Waals surface area contributed by atoms with Gasteiger partial charge in [0.05, 0.1) is 13.2 Å². The molecule has 1 N–H and O–H groups in total. The van der Waals surface area contributed by atoms with Gasteiger partial charge in [-0.2, -0.15) is 0 Å². The van der Waals surface area contributed by atoms with E-state index < -0.39 is 5.56 Å². The van der Waals surface area contributed by atoms with Crippen LogP contribution >= 0.6 is 27.5 Å². The van der Waals surface area contributed by atoms with Crippen molar-refractivity contribution in [1.29, 1.82) is 0 Å². The third-order valence-electron chi connectivity index (χ3n) is 0.519. The lowest BCUT2D eigenvalue weighted by Crippen LogP contribution is -2.10. The van der Waals surface area contributed by atoms with Crippen molar-refractivity contribution >= 4 is 27.5 Å². The van der Waals surface area contributed by atoms with E-state index in [0.29, 0.717) is 6.61 Å². The van der Waals surface area contributed by atoms with Crippen LogP contribution in [0.3, 0.4) is 0 Å². The molecule has 0 heterocycles. The van der Waals surface area contributed by atoms with Crippen molar-refractivity contribution in [2.75, 3.05) is 18.5 Å². The Morgan fingerprint density at radius 1 is 1.75 bits per heavy atom. The highest BCUT2D eigenvalue weighted by Crippen LogP contribution is 1.96. The third-order valence-corrected chi connectivity index (χ3v) is 1.11. The highest BCUT2D eigenvalue weighted by Gasteiger charge is 1.98. The number of halogens is 2. The number of aliphatic hydroxyl groups excluding tert-OH is 1. The summed E-state index contributed by atoms with van der Waals surface area (Å²) in [5.41, 5.74) is -0.549. The number of hydrogen-bond donors (Lipinski definition) is 1. The molecule has 0 aromatic heterocycles. The molecule has 0 amide bonds. The molecule has 0 spiro atoms. The van der Waals surface area contributed by atoms with Crippen LogP contribution in [0.15, 0.2) is 0 Å². The Balaban J connectivity index is 2.86. The van der Waals surface area contributed by atoms with Crippen LogP contribution in [0.5, 0.6) is 0 Å². The summed E-state index contributed by atoms with van der Waals surface area (Å²) < 4.78 is 4.81. The smallest absolute Gasteiger partial charge is 0.154 e. The molecule has 8 heavy (non-hydrogen) atoms. The van der Waals surface area contributed by atoms with Gasteiger partial charge in [0.1, 0.15) is 0 Å². The van der Waals surface area contributed by atoms with Gasteiger partial charge in [-0.15, -0.1) is 0 Å². The number of rotatable bonds is 4. The minimum absolute atomic E-state index is 0.130. The fourth-order valence-corrected chi connectivity index (χ4v) is 0.501. The first-order chi connectivity index (χ1) is 3.81. The van der Waals surface area contributed by atoms with Crippen LogP contribution in [-0.4, -0.2) is 29.2 Å². The molecule has 0 saturated heterocycles. The summed E-state index contributed by atoms with van der Waals surface area (Å²) in [5, 5.41) is 9.04. The van der Waals surface area contributed by atoms with Gasteiger partial charge in [-0.3, -0.25) is 0 Å². The van der Waals surface area contributed by atoms with E-state index in [2.05, 4.69) is 15.9 Å². The molecule has 0 aliphatic heterocycles. The van der Waals surface area contributed by atoms with Crippen molar-refractivity contribution in [3.05, 3.63) is 0 Å². The Morgan fingerprint density at radius 3 is 2.75 bits per heavy atom. The lowest BCUT2D eigenvalue weighted by Gasteiger charge is -2.03. The van der Waals surface area contributed by atoms with Crippen molar-refractivity contribution in [2.24, 2.45) is 0 Å². The Bertz CT molecular complexity index is 53.3. The first kappa shape index (κ1) is 8.69. The average Bonchev–Trinajstić information content (AvgIpc) is 1.83. The molecule has 0 radical (unpaired) electrons. The predicted octanol–water partition coefficient (Wildman–Crippen LogP) is 0.955. The molecule has 4 heteroatoms. The maximum atomic E-state index is 8.29. The first-order valence-corrected chi connectivity index (χ1v) is 3.79. The monoisotopic (exact) mass is 202 g/mol. The van der Waals surface area contributed by atoms with Crippen LogP contribution in [0.4, 0.5) is 0 Å². The fourth-order valence-electron chi connectivity index (χ4n) is 0.225. The van der Waals surface area contributed by atoms with Crippen molar-refractivity contribution in [2.45, 2.75) is 5.56 Å². The van der Waals surface area contributed by atoms with Crippen LogP contribution in [0.25, 0.3) is 0 Å². The molecular weight excluding hydrogens is 195 g/mol. The quantitative estimate of drug-likeness (QED) is 0.690. The molecule has 1 atom stereocenters. The summed E-state index contributed by atoms with van der Waals surface area (Å²) in [6.07, 6.45) is 0. The average molecular weight is 203 g/mol. The summed E-state index contributed by atoms with van der Waals surface area (Å²) in [6.45, 7) is 0.406. The van der Waals surface area contributed by atoms with E-state index >= 15 is 0 Å². The van der Waals surface area contributed by atoms with E-state index in [1.165, 1.54) is 0 Å². The zero-order valence-corrected chi connectivity index (χ0v) is 6.65. The highest BCUT2D eigenvalue weighted by atomic mass is 79.9. The van der Waals surface area contributed by atoms with Crippen LogP contribution in [-0.2, 0) is 4.74 Å². The van der Waals surface area contributed by atoms with E-state index in [1.807, 2.05) is 0 Å². The number of aliphatic hydroxyl groups is 1. The van der Waals surface area contributed by atoms with Gasteiger partial charge in [0.15, 0.2) is 5.56 Å². The second-order valence-electron chi connectivity index (χ2n) is 1.15. The second kappa shape index (κ2) is 5.82. The topological polar surface area (TPSA) is 29.5 Å². The van der Waals surface area contributed by atoms with Crippen molar-refractivity contribution < 1.29 is 9.84 Å². The van der Waals surface area contributed by atoms with Gasteiger partial charge in [-0.05, 0) is 0 Å². The molecule has 0 bridgehead atoms. The maximum Gasteiger partial charge on any atom is 0.154 e. The van der Waals surface area contributed by atoms with Gasteiger partial charge in [0, 0.05) is 5.33 Å². The van der Waals surface area contributed by atoms with Crippen molar-refractivity contribution in [1.82, 2.24) is 0 Å². The SMILES string of the molecule is OCC(Cl)OCCBr. The molecule has 0 rings (SSSR count). The molecule has 0 aromatic rings. The molecule has 0 aliphatic carbocycles. The first-order valence-electron chi connectivity index (χ1n) is 2.23. The molecule has 0 aromatic carbocycles. The molecule has 50 valence electrons. The third kappa shape index (κ3) is 4.84. The lowest BCUT2D eigenvalue weighted by atomic mass is 10.7. The fraction of sp³-hybridized carbons (Fsp3) is 1.00. The van der Waals surface area contributed by atoms with Crippen LogP contribution < -0.4 is 0 Å². The summed E-state index contributed by atoms with van der Waals surface area (Å²) in [5.74, 6) is 0. The summed E-state index contributed by atoms with van der Waals surface area (Å²) in [4.78, 5) is 0. The molecular formula is C4H8BrClO2. The number of hydrogen-bond acceptors (Lipinski definition) is 2. The van der Waals surface area contributed by atoms with Gasteiger partial charge in [0.25, 0.3) is 0 Å². The van der Waals surface area contributed by atoms with Crippen LogP contribution in [0, 0.1) is 0 Å². The normalized spacial score (nSPS) is 13.9. The van der Waals surface area contributed by atoms with E-state index in [9.17, 15) is 0 Å². The van der Waals surface area contributed by atoms with Gasteiger partial charge < -0.3 is 9.84 Å². The molecule has 0 fully saturated rings. The Hall–Kier alpha value is 0.690. The standard InChI is InChI=1S/C4H8BrClO2/c5-1-2-8-4(6)3-7/h4,7H,1-3H2. The number of ether oxygens (including phenoxy) is 1. The van der Waals surface area contributed by atoms with Gasteiger partial charge in [0.2, 0.25) is 0 Å². The molecule has 2 nitrogen and oxygen atoms in total. The summed E-state index contributed by atoms with van der Waals surface area (Å²) >= 11 is 8.49. The van der Waals surface area contributed by atoms with Crippen molar-refractivity contribution in [3.63, 3.8) is 0 Å². The minimum Gasteiger partial charge on any atom is -0.392 e. The van der Waals surface area contributed by atoms with Crippen LogP contribution in [0.2, 0.25) is 0 Å². The van der Waals surface area contributed by atoms with Gasteiger partial charge in [-0.1, -0.05) is 27.5 Å². The van der Waals surface area contributed by atoms with Crippen molar-refractivity contribution in [3.8, 4) is 0 Å². The minimum atomic E-state index is -0.549. The Morgan fingerprint density at radius 2 is 2.38 bits per heavy atom. The zero-order valence-electron chi connectivity index (χ0n) is 4.31. The molecule has 0 aliphatic rings. The van der Waals surface area contributed by atoms with E-state index in [-0.39, 0.29) is 6.61 Å². The van der Waals surface area contributed by atoms with E-state index in [1.54, 1.807) is 0 Å².